The van der Waals surface area contributed by atoms with Gasteiger partial charge in [0.25, 0.3) is 0 Å². The SMILES string of the molecule is O=C1CCOC[C@@H]2C[C@]12Br. The summed E-state index contributed by atoms with van der Waals surface area (Å²) in [7, 11) is 0. The maximum Gasteiger partial charge on any atom is 0.152 e. The molecule has 1 saturated heterocycles. The van der Waals surface area contributed by atoms with Crippen LogP contribution in [0.3, 0.4) is 0 Å². The normalized spacial score (nSPS) is 46.1. The van der Waals surface area contributed by atoms with Crippen LogP contribution in [0.25, 0.3) is 0 Å². The number of carbonyl (C=O) groups excluding carboxylic acids is 1. The first kappa shape index (κ1) is 6.80. The summed E-state index contributed by atoms with van der Waals surface area (Å²) < 4.78 is 5.07. The molecule has 10 heavy (non-hydrogen) atoms. The molecule has 0 bridgehead atoms. The van der Waals surface area contributed by atoms with Crippen molar-refractivity contribution in [1.29, 1.82) is 0 Å². The summed E-state index contributed by atoms with van der Waals surface area (Å²) in [6.45, 7) is 1.37. The summed E-state index contributed by atoms with van der Waals surface area (Å²) in [5.41, 5.74) is 0. The fourth-order valence-corrected chi connectivity index (χ4v) is 2.15. The molecule has 2 fully saturated rings. The third-order valence-electron chi connectivity index (χ3n) is 2.29. The molecule has 0 amide bonds. The molecule has 3 heteroatoms. The van der Waals surface area contributed by atoms with Crippen molar-refractivity contribution in [2.45, 2.75) is 17.2 Å². The lowest BCUT2D eigenvalue weighted by atomic mass is 10.2. The minimum Gasteiger partial charge on any atom is -0.381 e. The summed E-state index contributed by atoms with van der Waals surface area (Å²) in [5.74, 6) is 0.789. The maximum absolute atomic E-state index is 11.3. The van der Waals surface area contributed by atoms with Crippen LogP contribution < -0.4 is 0 Å². The molecule has 1 aliphatic heterocycles. The van der Waals surface area contributed by atoms with Crippen LogP contribution in [0.1, 0.15) is 12.8 Å². The van der Waals surface area contributed by atoms with Gasteiger partial charge in [-0.25, -0.2) is 0 Å². The second-order valence-electron chi connectivity index (χ2n) is 3.01. The first-order chi connectivity index (χ1) is 4.73. The smallest absolute Gasteiger partial charge is 0.152 e. The zero-order chi connectivity index (χ0) is 7.19. The van der Waals surface area contributed by atoms with Crippen molar-refractivity contribution in [2.75, 3.05) is 13.2 Å². The van der Waals surface area contributed by atoms with Crippen LogP contribution in [0.5, 0.6) is 0 Å². The average molecular weight is 205 g/mol. The van der Waals surface area contributed by atoms with Crippen LogP contribution in [0.4, 0.5) is 0 Å². The van der Waals surface area contributed by atoms with Gasteiger partial charge in [-0.2, -0.15) is 0 Å². The van der Waals surface area contributed by atoms with E-state index in [2.05, 4.69) is 15.9 Å². The minimum absolute atomic E-state index is 0.163. The number of ether oxygens (including phenoxy) is 1. The van der Waals surface area contributed by atoms with Gasteiger partial charge in [0.05, 0.1) is 17.5 Å². The number of fused-ring (bicyclic) bond motifs is 1. The van der Waals surface area contributed by atoms with Gasteiger partial charge in [0, 0.05) is 12.3 Å². The van der Waals surface area contributed by atoms with Crippen LogP contribution in [-0.4, -0.2) is 23.3 Å². The lowest BCUT2D eigenvalue weighted by molar-refractivity contribution is -0.119. The topological polar surface area (TPSA) is 26.3 Å². The van der Waals surface area contributed by atoms with Gasteiger partial charge >= 0.3 is 0 Å². The van der Waals surface area contributed by atoms with Crippen molar-refractivity contribution in [1.82, 2.24) is 0 Å². The highest BCUT2D eigenvalue weighted by Gasteiger charge is 2.58. The molecule has 2 atom stereocenters. The number of alkyl halides is 1. The Bertz CT molecular complexity index is 180. The van der Waals surface area contributed by atoms with E-state index in [1.54, 1.807) is 0 Å². The molecule has 2 nitrogen and oxygen atoms in total. The summed E-state index contributed by atoms with van der Waals surface area (Å²) in [4.78, 5) is 11.3. The molecule has 0 aromatic rings. The standard InChI is InChI=1S/C7H9BrO2/c8-7-3-5(7)4-10-2-1-6(7)9/h5H,1-4H2/t5-,7+/m0/s1. The van der Waals surface area contributed by atoms with E-state index in [1.165, 1.54) is 0 Å². The summed E-state index contributed by atoms with van der Waals surface area (Å²) >= 11 is 3.45. The second-order valence-corrected chi connectivity index (χ2v) is 4.43. The van der Waals surface area contributed by atoms with E-state index in [0.717, 1.165) is 13.0 Å². The van der Waals surface area contributed by atoms with Crippen LogP contribution in [0, 0.1) is 5.92 Å². The summed E-state index contributed by atoms with van der Waals surface area (Å²) in [6, 6.07) is 0. The summed E-state index contributed by atoms with van der Waals surface area (Å²) in [5, 5.41) is 0. The molecule has 2 rings (SSSR count). The molecule has 0 unspecified atom stereocenters. The number of ketones is 1. The Morgan fingerprint density at radius 3 is 3.30 bits per heavy atom. The van der Waals surface area contributed by atoms with Crippen molar-refractivity contribution in [3.63, 3.8) is 0 Å². The number of Topliss-reactive ketones (excluding diaryl/α,β-unsaturated/α-hetero) is 1. The number of rotatable bonds is 0. The molecule has 1 aliphatic carbocycles. The maximum atomic E-state index is 11.3. The van der Waals surface area contributed by atoms with Crippen molar-refractivity contribution in [3.05, 3.63) is 0 Å². The number of hydrogen-bond donors (Lipinski definition) is 0. The third-order valence-corrected chi connectivity index (χ3v) is 3.70. The third kappa shape index (κ3) is 0.839. The minimum atomic E-state index is -0.163. The molecule has 0 N–H and O–H groups in total. The van der Waals surface area contributed by atoms with E-state index < -0.39 is 0 Å². The highest BCUT2D eigenvalue weighted by atomic mass is 79.9. The quantitative estimate of drug-likeness (QED) is 0.554. The predicted octanol–water partition coefficient (Wildman–Crippen LogP) is 1.13. The Labute approximate surface area is 68.1 Å². The Balaban J connectivity index is 2.15. The molecule has 56 valence electrons. The van der Waals surface area contributed by atoms with Gasteiger partial charge in [-0.15, -0.1) is 0 Å². The monoisotopic (exact) mass is 204 g/mol. The molecule has 0 aromatic heterocycles. The molecular formula is C7H9BrO2. The molecule has 0 aromatic carbocycles. The fourth-order valence-electron chi connectivity index (χ4n) is 1.43. The first-order valence-electron chi connectivity index (χ1n) is 3.53. The molecule has 1 heterocycles. The Kier molecular flexibility index (Phi) is 1.39. The van der Waals surface area contributed by atoms with Crippen molar-refractivity contribution in [3.8, 4) is 0 Å². The molecular weight excluding hydrogens is 196 g/mol. The predicted molar refractivity (Wildman–Crippen MR) is 40.2 cm³/mol. The summed E-state index contributed by atoms with van der Waals surface area (Å²) in [6.07, 6.45) is 1.56. The van der Waals surface area contributed by atoms with E-state index in [9.17, 15) is 4.79 Å². The van der Waals surface area contributed by atoms with Crippen molar-refractivity contribution >= 4 is 21.7 Å². The zero-order valence-corrected chi connectivity index (χ0v) is 7.19. The van der Waals surface area contributed by atoms with E-state index in [4.69, 9.17) is 4.74 Å². The Hall–Kier alpha value is 0.110. The zero-order valence-electron chi connectivity index (χ0n) is 5.60. The van der Waals surface area contributed by atoms with Gasteiger partial charge in [0.2, 0.25) is 0 Å². The van der Waals surface area contributed by atoms with Crippen LogP contribution in [-0.2, 0) is 9.53 Å². The van der Waals surface area contributed by atoms with Gasteiger partial charge in [0.1, 0.15) is 0 Å². The number of carbonyl (C=O) groups is 1. The van der Waals surface area contributed by atoms with Crippen LogP contribution in [0.15, 0.2) is 0 Å². The van der Waals surface area contributed by atoms with Crippen molar-refractivity contribution < 1.29 is 9.53 Å². The highest BCUT2D eigenvalue weighted by Crippen LogP contribution is 2.53. The largest absolute Gasteiger partial charge is 0.381 e. The van der Waals surface area contributed by atoms with Gasteiger partial charge in [-0.05, 0) is 6.42 Å². The van der Waals surface area contributed by atoms with Crippen molar-refractivity contribution in [2.24, 2.45) is 5.92 Å². The Morgan fingerprint density at radius 2 is 2.50 bits per heavy atom. The van der Waals surface area contributed by atoms with Gasteiger partial charge < -0.3 is 4.74 Å². The number of halogens is 1. The molecule has 0 spiro atoms. The van der Waals surface area contributed by atoms with E-state index in [-0.39, 0.29) is 4.32 Å². The molecule has 0 radical (unpaired) electrons. The average Bonchev–Trinajstić information content (AvgIpc) is 2.55. The van der Waals surface area contributed by atoms with E-state index in [0.29, 0.717) is 24.7 Å². The Morgan fingerprint density at radius 1 is 1.70 bits per heavy atom. The fraction of sp³-hybridized carbons (Fsp3) is 0.857. The lowest BCUT2D eigenvalue weighted by Crippen LogP contribution is -2.16. The van der Waals surface area contributed by atoms with Gasteiger partial charge in [-0.3, -0.25) is 4.79 Å². The second kappa shape index (κ2) is 2.05. The first-order valence-corrected chi connectivity index (χ1v) is 4.33. The number of hydrogen-bond acceptors (Lipinski definition) is 2. The van der Waals surface area contributed by atoms with E-state index >= 15 is 0 Å². The van der Waals surface area contributed by atoms with E-state index in [1.807, 2.05) is 0 Å². The molecule has 2 aliphatic rings. The van der Waals surface area contributed by atoms with Crippen LogP contribution >= 0.6 is 15.9 Å². The van der Waals surface area contributed by atoms with Gasteiger partial charge in [-0.1, -0.05) is 15.9 Å². The lowest BCUT2D eigenvalue weighted by Gasteiger charge is -2.00. The van der Waals surface area contributed by atoms with Crippen LogP contribution in [0.2, 0.25) is 0 Å². The highest BCUT2D eigenvalue weighted by molar-refractivity contribution is 9.10. The molecule has 1 saturated carbocycles. The van der Waals surface area contributed by atoms with Gasteiger partial charge in [0.15, 0.2) is 5.78 Å².